The predicted octanol–water partition coefficient (Wildman–Crippen LogP) is 3.97. The number of halogens is 1. The number of piperidine rings is 1. The summed E-state index contributed by atoms with van der Waals surface area (Å²) in [5, 5.41) is 5.24. The molecule has 2 atom stereocenters. The number of carbonyl (C=O) groups excluding carboxylic acids is 1. The number of amides is 1. The molecule has 0 N–H and O–H groups in total. The Morgan fingerprint density at radius 1 is 1.19 bits per heavy atom. The van der Waals surface area contributed by atoms with Crippen LogP contribution < -0.4 is 0 Å². The van der Waals surface area contributed by atoms with Crippen molar-refractivity contribution in [2.75, 3.05) is 26.2 Å². The quantitative estimate of drug-likeness (QED) is 0.749. The van der Waals surface area contributed by atoms with E-state index in [1.54, 1.807) is 0 Å². The zero-order valence-electron chi connectivity index (χ0n) is 16.5. The van der Waals surface area contributed by atoms with Crippen molar-refractivity contribution < 1.29 is 4.79 Å². The molecule has 1 amide bonds. The van der Waals surface area contributed by atoms with E-state index in [-0.39, 0.29) is 11.9 Å². The Morgan fingerprint density at radius 3 is 2.54 bits per heavy atom. The highest BCUT2D eigenvalue weighted by Crippen LogP contribution is 2.26. The highest BCUT2D eigenvalue weighted by molar-refractivity contribution is 6.31. The number of rotatable bonds is 6. The molecule has 0 unspecified atom stereocenters. The minimum atomic E-state index is 0.0369. The summed E-state index contributed by atoms with van der Waals surface area (Å²) < 4.78 is 1.92. The topological polar surface area (TPSA) is 41.4 Å². The second kappa shape index (κ2) is 8.75. The van der Waals surface area contributed by atoms with Crippen LogP contribution in [0, 0.1) is 13.8 Å². The van der Waals surface area contributed by atoms with Gasteiger partial charge in [0.15, 0.2) is 0 Å². The summed E-state index contributed by atoms with van der Waals surface area (Å²) in [4.78, 5) is 17.7. The average Bonchev–Trinajstić information content (AvgIpc) is 3.24. The fourth-order valence-corrected chi connectivity index (χ4v) is 4.62. The van der Waals surface area contributed by atoms with Gasteiger partial charge < -0.3 is 9.80 Å². The number of aryl methyl sites for hydroxylation is 1. The molecule has 2 fully saturated rings. The van der Waals surface area contributed by atoms with E-state index in [0.717, 1.165) is 43.7 Å². The van der Waals surface area contributed by atoms with Crippen LogP contribution in [0.25, 0.3) is 0 Å². The van der Waals surface area contributed by atoms with E-state index in [1.165, 1.54) is 32.4 Å². The van der Waals surface area contributed by atoms with Crippen molar-refractivity contribution >= 4 is 17.5 Å². The van der Waals surface area contributed by atoms with E-state index in [9.17, 15) is 4.79 Å². The minimum absolute atomic E-state index is 0.0369. The lowest BCUT2D eigenvalue weighted by Gasteiger charge is -2.37. The Kier molecular flexibility index (Phi) is 6.62. The van der Waals surface area contributed by atoms with Gasteiger partial charge in [-0.15, -0.1) is 0 Å². The van der Waals surface area contributed by atoms with Crippen LogP contribution >= 0.6 is 11.6 Å². The molecule has 146 valence electrons. The number of hydrogen-bond donors (Lipinski definition) is 0. The lowest BCUT2D eigenvalue weighted by Crippen LogP contribution is -2.45. The van der Waals surface area contributed by atoms with Crippen LogP contribution in [-0.4, -0.2) is 57.7 Å². The molecule has 26 heavy (non-hydrogen) atoms. The lowest BCUT2D eigenvalue weighted by atomic mass is 9.98. The Morgan fingerprint density at radius 2 is 1.88 bits per heavy atom. The Balaban J connectivity index is 1.59. The molecular formula is C20H33ClN4O. The fourth-order valence-electron chi connectivity index (χ4n) is 4.50. The third-order valence-electron chi connectivity index (χ3n) is 6.05. The number of carbonyl (C=O) groups is 1. The minimum Gasteiger partial charge on any atom is -0.340 e. The molecule has 0 spiro atoms. The van der Waals surface area contributed by atoms with Gasteiger partial charge in [-0.25, -0.2) is 0 Å². The Bertz CT molecular complexity index is 624. The first-order valence-electron chi connectivity index (χ1n) is 10.2. The van der Waals surface area contributed by atoms with Crippen LogP contribution in [0.15, 0.2) is 0 Å². The third-order valence-corrected chi connectivity index (χ3v) is 6.60. The molecule has 5 nitrogen and oxygen atoms in total. The van der Waals surface area contributed by atoms with Crippen molar-refractivity contribution in [3.63, 3.8) is 0 Å². The van der Waals surface area contributed by atoms with E-state index < -0.39 is 0 Å². The molecular weight excluding hydrogens is 348 g/mol. The fraction of sp³-hybridized carbons (Fsp3) is 0.800. The van der Waals surface area contributed by atoms with Gasteiger partial charge in [-0.05, 0) is 72.4 Å². The summed E-state index contributed by atoms with van der Waals surface area (Å²) in [6, 6.07) is 0.447. The van der Waals surface area contributed by atoms with Gasteiger partial charge in [0.2, 0.25) is 5.91 Å². The summed E-state index contributed by atoms with van der Waals surface area (Å²) in [5.74, 6) is 0.271. The molecule has 0 bridgehead atoms. The van der Waals surface area contributed by atoms with Crippen molar-refractivity contribution in [3.05, 3.63) is 16.4 Å². The van der Waals surface area contributed by atoms with Crippen molar-refractivity contribution in [2.45, 2.75) is 77.8 Å². The highest BCUT2D eigenvalue weighted by Gasteiger charge is 2.29. The van der Waals surface area contributed by atoms with Gasteiger partial charge in [0, 0.05) is 25.6 Å². The lowest BCUT2D eigenvalue weighted by molar-refractivity contribution is -0.135. The van der Waals surface area contributed by atoms with Gasteiger partial charge in [0.1, 0.15) is 0 Å². The van der Waals surface area contributed by atoms with E-state index in [0.29, 0.717) is 17.5 Å². The van der Waals surface area contributed by atoms with E-state index in [2.05, 4.69) is 21.8 Å². The van der Waals surface area contributed by atoms with Crippen molar-refractivity contribution in [1.29, 1.82) is 0 Å². The molecule has 2 saturated heterocycles. The predicted molar refractivity (Wildman–Crippen MR) is 106 cm³/mol. The molecule has 2 aliphatic heterocycles. The molecule has 0 aromatic carbocycles. The normalized spacial score (nSPS) is 22.8. The van der Waals surface area contributed by atoms with Gasteiger partial charge in [-0.1, -0.05) is 11.6 Å². The van der Waals surface area contributed by atoms with Crippen molar-refractivity contribution in [1.82, 2.24) is 19.6 Å². The number of likely N-dealkylation sites (tertiary alicyclic amines) is 2. The smallest absolute Gasteiger partial charge is 0.224 e. The maximum absolute atomic E-state index is 13.0. The highest BCUT2D eigenvalue weighted by atomic mass is 35.5. The molecule has 6 heteroatoms. The molecule has 0 saturated carbocycles. The molecule has 3 heterocycles. The van der Waals surface area contributed by atoms with Gasteiger partial charge >= 0.3 is 0 Å². The van der Waals surface area contributed by atoms with Crippen LogP contribution in [0.5, 0.6) is 0 Å². The molecule has 0 aliphatic carbocycles. The standard InChI is InChI=1S/C20H33ClN4O/c1-15(25-17(3)20(21)16(2)22-25)14-19(26)24-12-5-4-8-18(24)9-13-23-10-6-7-11-23/h15,18H,4-14H2,1-3H3/t15-,18+/m0/s1. The van der Waals surface area contributed by atoms with Crippen LogP contribution in [0.2, 0.25) is 5.02 Å². The van der Waals surface area contributed by atoms with E-state index in [1.807, 2.05) is 18.5 Å². The maximum atomic E-state index is 13.0. The van der Waals surface area contributed by atoms with Gasteiger partial charge in [0.05, 0.1) is 22.5 Å². The first kappa shape index (κ1) is 19.7. The van der Waals surface area contributed by atoms with Crippen LogP contribution in [-0.2, 0) is 4.79 Å². The second-order valence-corrected chi connectivity index (χ2v) is 8.43. The van der Waals surface area contributed by atoms with Gasteiger partial charge in [0.25, 0.3) is 0 Å². The summed E-state index contributed by atoms with van der Waals surface area (Å²) in [7, 11) is 0. The largest absolute Gasteiger partial charge is 0.340 e. The first-order valence-corrected chi connectivity index (χ1v) is 10.6. The molecule has 1 aromatic rings. The zero-order chi connectivity index (χ0) is 18.7. The van der Waals surface area contributed by atoms with Crippen molar-refractivity contribution in [2.24, 2.45) is 0 Å². The summed E-state index contributed by atoms with van der Waals surface area (Å²) in [6.45, 7) is 10.5. The monoisotopic (exact) mass is 380 g/mol. The van der Waals surface area contributed by atoms with E-state index >= 15 is 0 Å². The number of hydrogen-bond acceptors (Lipinski definition) is 3. The molecule has 2 aliphatic rings. The molecule has 0 radical (unpaired) electrons. The van der Waals surface area contributed by atoms with Gasteiger partial charge in [-0.3, -0.25) is 9.48 Å². The maximum Gasteiger partial charge on any atom is 0.224 e. The van der Waals surface area contributed by atoms with Gasteiger partial charge in [-0.2, -0.15) is 5.10 Å². The van der Waals surface area contributed by atoms with Crippen LogP contribution in [0.3, 0.4) is 0 Å². The summed E-state index contributed by atoms with van der Waals surface area (Å²) in [6.07, 6.45) is 7.80. The van der Waals surface area contributed by atoms with E-state index in [4.69, 9.17) is 11.6 Å². The Hall–Kier alpha value is -1.07. The molecule has 3 rings (SSSR count). The SMILES string of the molecule is Cc1nn([C@@H](C)CC(=O)N2CCCC[C@@H]2CCN2CCCC2)c(C)c1Cl. The third kappa shape index (κ3) is 4.42. The first-order chi connectivity index (χ1) is 12.5. The van der Waals surface area contributed by atoms with Crippen LogP contribution in [0.4, 0.5) is 0 Å². The zero-order valence-corrected chi connectivity index (χ0v) is 17.3. The Labute approximate surface area is 162 Å². The second-order valence-electron chi connectivity index (χ2n) is 8.06. The molecule has 1 aromatic heterocycles. The summed E-state index contributed by atoms with van der Waals surface area (Å²) in [5.41, 5.74) is 1.79. The average molecular weight is 381 g/mol. The number of aromatic nitrogens is 2. The number of nitrogens with zero attached hydrogens (tertiary/aromatic N) is 4. The summed E-state index contributed by atoms with van der Waals surface area (Å²) >= 11 is 6.27. The van der Waals surface area contributed by atoms with Crippen LogP contribution in [0.1, 0.15) is 69.3 Å². The van der Waals surface area contributed by atoms with Crippen molar-refractivity contribution in [3.8, 4) is 0 Å².